The van der Waals surface area contributed by atoms with E-state index in [1.807, 2.05) is 29.8 Å². The van der Waals surface area contributed by atoms with E-state index in [0.29, 0.717) is 11.4 Å². The van der Waals surface area contributed by atoms with Gasteiger partial charge in [-0.05, 0) is 31.0 Å². The second kappa shape index (κ2) is 8.58. The fraction of sp³-hybridized carbons (Fsp3) is 0.316. The topological polar surface area (TPSA) is 69.0 Å². The lowest BCUT2D eigenvalue weighted by Gasteiger charge is -2.07. The Kier molecular flexibility index (Phi) is 6.18. The van der Waals surface area contributed by atoms with Gasteiger partial charge in [0.2, 0.25) is 5.91 Å². The molecule has 6 nitrogen and oxygen atoms in total. The number of hydrogen-bond acceptors (Lipinski definition) is 6. The largest absolute Gasteiger partial charge is 0.497 e. The van der Waals surface area contributed by atoms with Crippen molar-refractivity contribution < 1.29 is 9.53 Å². The second-order valence-corrected chi connectivity index (χ2v) is 8.00. The molecule has 1 N–H and O–H groups in total. The molecule has 0 aliphatic rings. The average molecular weight is 403 g/mol. The van der Waals surface area contributed by atoms with E-state index in [1.54, 1.807) is 24.5 Å². The van der Waals surface area contributed by atoms with Gasteiger partial charge in [0.25, 0.3) is 0 Å². The molecular formula is C19H22N4O2S2. The Bertz CT molecular complexity index is 949. The van der Waals surface area contributed by atoms with Gasteiger partial charge in [0.15, 0.2) is 11.0 Å². The van der Waals surface area contributed by atoms with E-state index < -0.39 is 0 Å². The highest BCUT2D eigenvalue weighted by atomic mass is 32.2. The number of carbonyl (C=O) groups excluding carboxylic acids is 1. The Hall–Kier alpha value is -2.32. The molecule has 0 spiro atoms. The minimum Gasteiger partial charge on any atom is -0.497 e. The predicted molar refractivity (Wildman–Crippen MR) is 111 cm³/mol. The Morgan fingerprint density at radius 3 is 2.93 bits per heavy atom. The first kappa shape index (κ1) is 19.4. The quantitative estimate of drug-likeness (QED) is 0.601. The Balaban J connectivity index is 1.66. The van der Waals surface area contributed by atoms with Gasteiger partial charge in [-0.25, -0.2) is 0 Å². The van der Waals surface area contributed by atoms with Crippen molar-refractivity contribution in [3.05, 3.63) is 40.1 Å². The van der Waals surface area contributed by atoms with E-state index in [-0.39, 0.29) is 11.7 Å². The normalized spacial score (nSPS) is 10.8. The van der Waals surface area contributed by atoms with E-state index in [2.05, 4.69) is 34.7 Å². The summed E-state index contributed by atoms with van der Waals surface area (Å²) in [6.07, 6.45) is 0.961. The summed E-state index contributed by atoms with van der Waals surface area (Å²) in [5.41, 5.74) is 3.14. The molecule has 0 unspecified atom stereocenters. The number of methoxy groups -OCH3 is 1. The van der Waals surface area contributed by atoms with Crippen LogP contribution in [0, 0.1) is 6.92 Å². The van der Waals surface area contributed by atoms with Crippen molar-refractivity contribution in [1.29, 1.82) is 0 Å². The SMILES string of the molecule is CCc1c(-c2nnc(SCC(=O)Nc3cccc(OC)c3)n2C)csc1C. The summed E-state index contributed by atoms with van der Waals surface area (Å²) in [5, 5.41) is 14.3. The van der Waals surface area contributed by atoms with Crippen LogP contribution in [-0.4, -0.2) is 33.5 Å². The van der Waals surface area contributed by atoms with Crippen molar-refractivity contribution in [1.82, 2.24) is 14.8 Å². The van der Waals surface area contributed by atoms with Crippen LogP contribution >= 0.6 is 23.1 Å². The van der Waals surface area contributed by atoms with Gasteiger partial charge < -0.3 is 14.6 Å². The molecule has 2 heterocycles. The van der Waals surface area contributed by atoms with Crippen LogP contribution in [0.1, 0.15) is 17.4 Å². The van der Waals surface area contributed by atoms with Crippen molar-refractivity contribution in [2.24, 2.45) is 7.05 Å². The molecule has 0 fully saturated rings. The standard InChI is InChI=1S/C19H22N4O2S2/c1-5-15-12(2)26-10-16(15)18-21-22-19(23(18)3)27-11-17(24)20-13-7-6-8-14(9-13)25-4/h6-10H,5,11H2,1-4H3,(H,20,24). The summed E-state index contributed by atoms with van der Waals surface area (Å²) in [5.74, 6) is 1.70. The van der Waals surface area contributed by atoms with E-state index in [1.165, 1.54) is 22.2 Å². The summed E-state index contributed by atoms with van der Waals surface area (Å²) in [7, 11) is 3.53. The number of nitrogens with one attached hydrogen (secondary N) is 1. The van der Waals surface area contributed by atoms with Crippen LogP contribution in [0.15, 0.2) is 34.8 Å². The summed E-state index contributed by atoms with van der Waals surface area (Å²) < 4.78 is 7.12. The maximum atomic E-state index is 12.2. The molecule has 1 aromatic carbocycles. The maximum Gasteiger partial charge on any atom is 0.234 e. The molecule has 0 bridgehead atoms. The highest BCUT2D eigenvalue weighted by Crippen LogP contribution is 2.32. The highest BCUT2D eigenvalue weighted by molar-refractivity contribution is 7.99. The molecular weight excluding hydrogens is 380 g/mol. The molecule has 8 heteroatoms. The summed E-state index contributed by atoms with van der Waals surface area (Å²) in [6.45, 7) is 4.27. The second-order valence-electron chi connectivity index (χ2n) is 5.97. The van der Waals surface area contributed by atoms with Gasteiger partial charge >= 0.3 is 0 Å². The van der Waals surface area contributed by atoms with Gasteiger partial charge in [-0.3, -0.25) is 4.79 Å². The zero-order valence-electron chi connectivity index (χ0n) is 15.8. The summed E-state index contributed by atoms with van der Waals surface area (Å²) >= 11 is 3.10. The van der Waals surface area contributed by atoms with Crippen LogP contribution in [0.3, 0.4) is 0 Å². The fourth-order valence-electron chi connectivity index (χ4n) is 2.81. The first-order chi connectivity index (χ1) is 13.0. The Morgan fingerprint density at radius 1 is 1.37 bits per heavy atom. The first-order valence-corrected chi connectivity index (χ1v) is 10.4. The lowest BCUT2D eigenvalue weighted by molar-refractivity contribution is -0.113. The zero-order valence-corrected chi connectivity index (χ0v) is 17.4. The van der Waals surface area contributed by atoms with Crippen molar-refractivity contribution in [3.63, 3.8) is 0 Å². The van der Waals surface area contributed by atoms with Crippen molar-refractivity contribution in [2.75, 3.05) is 18.2 Å². The summed E-state index contributed by atoms with van der Waals surface area (Å²) in [4.78, 5) is 13.6. The van der Waals surface area contributed by atoms with Crippen LogP contribution in [0.2, 0.25) is 0 Å². The van der Waals surface area contributed by atoms with Gasteiger partial charge in [-0.1, -0.05) is 24.8 Å². The minimum absolute atomic E-state index is 0.0987. The van der Waals surface area contributed by atoms with Gasteiger partial charge in [0, 0.05) is 34.6 Å². The van der Waals surface area contributed by atoms with Gasteiger partial charge in [0.05, 0.1) is 12.9 Å². The van der Waals surface area contributed by atoms with Crippen LogP contribution in [0.25, 0.3) is 11.4 Å². The molecule has 1 amide bonds. The minimum atomic E-state index is -0.0987. The predicted octanol–water partition coefficient (Wildman–Crippen LogP) is 4.15. The number of aryl methyl sites for hydroxylation is 1. The molecule has 0 aliphatic heterocycles. The third kappa shape index (κ3) is 4.33. The van der Waals surface area contributed by atoms with Gasteiger partial charge in [-0.15, -0.1) is 21.5 Å². The number of rotatable bonds is 7. The number of anilines is 1. The fourth-order valence-corrected chi connectivity index (χ4v) is 4.46. The molecule has 2 aromatic heterocycles. The lowest BCUT2D eigenvalue weighted by Crippen LogP contribution is -2.14. The number of ether oxygens (including phenoxy) is 1. The number of benzene rings is 1. The van der Waals surface area contributed by atoms with Crippen molar-refractivity contribution in [2.45, 2.75) is 25.4 Å². The number of thioether (sulfide) groups is 1. The number of amides is 1. The molecule has 0 aliphatic carbocycles. The molecule has 0 saturated heterocycles. The van der Waals surface area contributed by atoms with Crippen LogP contribution < -0.4 is 10.1 Å². The monoisotopic (exact) mass is 402 g/mol. The molecule has 0 radical (unpaired) electrons. The van der Waals surface area contributed by atoms with Crippen molar-refractivity contribution in [3.8, 4) is 17.1 Å². The molecule has 0 saturated carbocycles. The lowest BCUT2D eigenvalue weighted by atomic mass is 10.1. The van der Waals surface area contributed by atoms with Crippen LogP contribution in [0.5, 0.6) is 5.75 Å². The first-order valence-electron chi connectivity index (χ1n) is 8.57. The Morgan fingerprint density at radius 2 is 2.19 bits per heavy atom. The smallest absolute Gasteiger partial charge is 0.234 e. The van der Waals surface area contributed by atoms with Gasteiger partial charge in [0.1, 0.15) is 5.75 Å². The van der Waals surface area contributed by atoms with E-state index in [0.717, 1.165) is 23.0 Å². The Labute approximate surface area is 167 Å². The molecule has 27 heavy (non-hydrogen) atoms. The highest BCUT2D eigenvalue weighted by Gasteiger charge is 2.17. The maximum absolute atomic E-state index is 12.2. The molecule has 0 atom stereocenters. The number of hydrogen-bond donors (Lipinski definition) is 1. The van der Waals surface area contributed by atoms with Gasteiger partial charge in [-0.2, -0.15) is 0 Å². The number of nitrogens with zero attached hydrogens (tertiary/aromatic N) is 3. The average Bonchev–Trinajstić information content (AvgIpc) is 3.22. The third-order valence-corrected chi connectivity index (χ3v) is 6.19. The van der Waals surface area contributed by atoms with E-state index in [9.17, 15) is 4.79 Å². The molecule has 3 aromatic rings. The number of thiophene rings is 1. The van der Waals surface area contributed by atoms with E-state index >= 15 is 0 Å². The molecule has 142 valence electrons. The van der Waals surface area contributed by atoms with Crippen molar-refractivity contribution >= 4 is 34.7 Å². The van der Waals surface area contributed by atoms with E-state index in [4.69, 9.17) is 4.74 Å². The van der Waals surface area contributed by atoms with Crippen LogP contribution in [-0.2, 0) is 18.3 Å². The number of carbonyl (C=O) groups is 1. The van der Waals surface area contributed by atoms with Crippen LogP contribution in [0.4, 0.5) is 5.69 Å². The molecule has 3 rings (SSSR count). The zero-order chi connectivity index (χ0) is 19.4. The third-order valence-electron chi connectivity index (χ3n) is 4.22. The summed E-state index contributed by atoms with van der Waals surface area (Å²) in [6, 6.07) is 7.29. The number of aromatic nitrogens is 3.